The lowest BCUT2D eigenvalue weighted by Crippen LogP contribution is -2.58. The van der Waals surface area contributed by atoms with Crippen molar-refractivity contribution in [2.45, 2.75) is 71.1 Å². The van der Waals surface area contributed by atoms with E-state index < -0.39 is 23.6 Å². The molecule has 2 N–H and O–H groups in total. The Hall–Kier alpha value is -3.27. The van der Waals surface area contributed by atoms with Gasteiger partial charge in [-0.2, -0.15) is 0 Å². The summed E-state index contributed by atoms with van der Waals surface area (Å²) in [6, 6.07) is 3.49. The lowest BCUT2D eigenvalue weighted by molar-refractivity contribution is 0.000957. The zero-order valence-electron chi connectivity index (χ0n) is 23.3. The Morgan fingerprint density at radius 1 is 1.25 bits per heavy atom. The molecule has 2 amide bonds. The van der Waals surface area contributed by atoms with Crippen LogP contribution >= 0.6 is 11.6 Å². The third-order valence-corrected chi connectivity index (χ3v) is 8.17. The number of hydrogen-bond donors (Lipinski definition) is 2. The summed E-state index contributed by atoms with van der Waals surface area (Å²) in [6.07, 6.45) is 3.95. The van der Waals surface area contributed by atoms with Gasteiger partial charge >= 0.3 is 6.09 Å². The summed E-state index contributed by atoms with van der Waals surface area (Å²) in [5.41, 5.74) is -0.658. The van der Waals surface area contributed by atoms with Crippen molar-refractivity contribution >= 4 is 29.4 Å². The highest BCUT2D eigenvalue weighted by atomic mass is 35.5. The van der Waals surface area contributed by atoms with Crippen LogP contribution in [0.2, 0.25) is 5.02 Å². The SMILES string of the molecule is C[C@@H](Nc1nc(-c2c(O)cccc2F)c(Cl)c2c1C(=O)N1CCN(C(=O)OC(C)(C)C)C[C@@H]1CO2)C1CCCC1. The van der Waals surface area contributed by atoms with Gasteiger partial charge in [0.05, 0.1) is 11.6 Å². The fraction of sp³-hybridized carbons (Fsp3) is 0.552. The molecular formula is C29H36ClFN4O5. The minimum Gasteiger partial charge on any atom is -0.507 e. The van der Waals surface area contributed by atoms with Crippen LogP contribution in [0.1, 0.15) is 63.7 Å². The average Bonchev–Trinajstić information content (AvgIpc) is 3.38. The molecule has 5 rings (SSSR count). The van der Waals surface area contributed by atoms with Crippen molar-refractivity contribution in [2.24, 2.45) is 5.92 Å². The summed E-state index contributed by atoms with van der Waals surface area (Å²) in [7, 11) is 0. The smallest absolute Gasteiger partial charge is 0.410 e. The first kappa shape index (κ1) is 28.3. The molecule has 2 fully saturated rings. The summed E-state index contributed by atoms with van der Waals surface area (Å²) in [6.45, 7) is 8.31. The van der Waals surface area contributed by atoms with Crippen LogP contribution in [0.4, 0.5) is 15.0 Å². The van der Waals surface area contributed by atoms with E-state index in [4.69, 9.17) is 21.1 Å². The minimum atomic E-state index is -0.700. The molecule has 216 valence electrons. The fourth-order valence-electron chi connectivity index (χ4n) is 5.76. The molecule has 2 aromatic rings. The largest absolute Gasteiger partial charge is 0.507 e. The van der Waals surface area contributed by atoms with Crippen LogP contribution in [-0.2, 0) is 4.74 Å². The van der Waals surface area contributed by atoms with E-state index in [9.17, 15) is 19.1 Å². The van der Waals surface area contributed by atoms with Gasteiger partial charge < -0.3 is 29.7 Å². The summed E-state index contributed by atoms with van der Waals surface area (Å²) >= 11 is 6.78. The van der Waals surface area contributed by atoms with E-state index in [1.54, 1.807) is 30.6 Å². The first-order valence-electron chi connectivity index (χ1n) is 13.8. The Labute approximate surface area is 238 Å². The number of pyridine rings is 1. The molecule has 0 spiro atoms. The number of piperazine rings is 1. The third kappa shape index (κ3) is 5.50. The number of halogens is 2. The highest BCUT2D eigenvalue weighted by Crippen LogP contribution is 2.45. The van der Waals surface area contributed by atoms with Gasteiger partial charge in [0.1, 0.15) is 45.9 Å². The predicted molar refractivity (Wildman–Crippen MR) is 149 cm³/mol. The fourth-order valence-corrected chi connectivity index (χ4v) is 6.05. The van der Waals surface area contributed by atoms with Gasteiger partial charge in [-0.25, -0.2) is 14.2 Å². The number of aromatic nitrogens is 1. The van der Waals surface area contributed by atoms with Crippen molar-refractivity contribution in [3.8, 4) is 22.8 Å². The van der Waals surface area contributed by atoms with Gasteiger partial charge in [0.25, 0.3) is 5.91 Å². The van der Waals surface area contributed by atoms with Crippen LogP contribution in [0, 0.1) is 11.7 Å². The van der Waals surface area contributed by atoms with E-state index in [0.29, 0.717) is 12.5 Å². The van der Waals surface area contributed by atoms with Gasteiger partial charge in [0.15, 0.2) is 5.75 Å². The molecule has 1 saturated heterocycles. The molecule has 2 atom stereocenters. The highest BCUT2D eigenvalue weighted by Gasteiger charge is 2.41. The monoisotopic (exact) mass is 574 g/mol. The first-order chi connectivity index (χ1) is 18.9. The number of carbonyl (C=O) groups is 2. The number of anilines is 1. The number of phenols is 1. The number of rotatable bonds is 4. The Kier molecular flexibility index (Phi) is 7.74. The maximum atomic E-state index is 15.0. The maximum absolute atomic E-state index is 15.0. The normalized spacial score (nSPS) is 20.4. The van der Waals surface area contributed by atoms with E-state index in [2.05, 4.69) is 10.3 Å². The number of fused-ring (bicyclic) bond motifs is 2. The van der Waals surface area contributed by atoms with Gasteiger partial charge in [-0.3, -0.25) is 4.79 Å². The highest BCUT2D eigenvalue weighted by molar-refractivity contribution is 6.35. The van der Waals surface area contributed by atoms with Gasteiger partial charge in [-0.05, 0) is 58.6 Å². The van der Waals surface area contributed by atoms with Gasteiger partial charge in [0.2, 0.25) is 0 Å². The number of ether oxygens (including phenoxy) is 2. The molecule has 0 radical (unpaired) electrons. The van der Waals surface area contributed by atoms with Gasteiger partial charge in [0, 0.05) is 25.7 Å². The van der Waals surface area contributed by atoms with Crippen molar-refractivity contribution < 1.29 is 28.6 Å². The number of benzene rings is 1. The van der Waals surface area contributed by atoms with E-state index in [-0.39, 0.29) is 70.8 Å². The molecule has 3 heterocycles. The van der Waals surface area contributed by atoms with E-state index >= 15 is 0 Å². The van der Waals surface area contributed by atoms with Crippen LogP contribution in [0.5, 0.6) is 11.5 Å². The van der Waals surface area contributed by atoms with Crippen molar-refractivity contribution in [1.29, 1.82) is 0 Å². The number of nitrogens with one attached hydrogen (secondary N) is 1. The molecule has 3 aliphatic rings. The predicted octanol–water partition coefficient (Wildman–Crippen LogP) is 5.69. The number of phenolic OH excluding ortho intramolecular Hbond substituents is 1. The van der Waals surface area contributed by atoms with Crippen molar-refractivity contribution in [3.63, 3.8) is 0 Å². The molecule has 1 aromatic carbocycles. The van der Waals surface area contributed by atoms with Crippen molar-refractivity contribution in [3.05, 3.63) is 34.6 Å². The molecule has 2 aliphatic heterocycles. The van der Waals surface area contributed by atoms with Crippen LogP contribution < -0.4 is 10.1 Å². The molecule has 40 heavy (non-hydrogen) atoms. The lowest BCUT2D eigenvalue weighted by Gasteiger charge is -2.40. The van der Waals surface area contributed by atoms with E-state index in [0.717, 1.165) is 25.7 Å². The number of nitrogens with zero attached hydrogens (tertiary/aromatic N) is 3. The maximum Gasteiger partial charge on any atom is 0.410 e. The van der Waals surface area contributed by atoms with Crippen molar-refractivity contribution in [2.75, 3.05) is 31.6 Å². The molecule has 9 nitrogen and oxygen atoms in total. The van der Waals surface area contributed by atoms with E-state index in [1.807, 2.05) is 6.92 Å². The second-order valence-corrected chi connectivity index (χ2v) is 12.2. The van der Waals surface area contributed by atoms with Gasteiger partial charge in [-0.15, -0.1) is 0 Å². The second kappa shape index (κ2) is 11.0. The minimum absolute atomic E-state index is 0.0137. The summed E-state index contributed by atoms with van der Waals surface area (Å²) in [5.74, 6) is -0.647. The molecule has 1 aromatic heterocycles. The second-order valence-electron chi connectivity index (χ2n) is 11.8. The van der Waals surface area contributed by atoms with Crippen LogP contribution in [0.3, 0.4) is 0 Å². The third-order valence-electron chi connectivity index (χ3n) is 7.82. The van der Waals surface area contributed by atoms with Crippen molar-refractivity contribution in [1.82, 2.24) is 14.8 Å². The number of amides is 2. The number of carbonyl (C=O) groups excluding carboxylic acids is 2. The lowest BCUT2D eigenvalue weighted by atomic mass is 9.99. The molecule has 0 unspecified atom stereocenters. The Bertz CT molecular complexity index is 1290. The first-order valence-corrected chi connectivity index (χ1v) is 14.2. The topological polar surface area (TPSA) is 104 Å². The molecule has 1 saturated carbocycles. The molecule has 0 bridgehead atoms. The average molecular weight is 575 g/mol. The quantitative estimate of drug-likeness (QED) is 0.483. The molecule has 1 aliphatic carbocycles. The zero-order valence-corrected chi connectivity index (χ0v) is 24.1. The number of aromatic hydroxyl groups is 1. The Morgan fingerprint density at radius 2 is 1.98 bits per heavy atom. The molecule has 11 heteroatoms. The standard InChI is InChI=1S/C29H36ClFN4O5/c1-16(17-8-5-6-9-17)32-26-22-25(23(30)24(33-26)21-19(31)10-7-11-20(21)36)39-15-18-14-34(12-13-35(18)27(22)37)28(38)40-29(2,3)4/h7,10-11,16-18,36H,5-6,8-9,12-15H2,1-4H3,(H,32,33)/t16-,18-/m1/s1. The Balaban J connectivity index is 1.54. The molecular weight excluding hydrogens is 539 g/mol. The number of hydrogen-bond acceptors (Lipinski definition) is 7. The van der Waals surface area contributed by atoms with Crippen LogP contribution in [0.15, 0.2) is 18.2 Å². The Morgan fingerprint density at radius 3 is 2.65 bits per heavy atom. The van der Waals surface area contributed by atoms with Gasteiger partial charge in [-0.1, -0.05) is 30.5 Å². The van der Waals surface area contributed by atoms with Crippen LogP contribution in [-0.4, -0.2) is 75.8 Å². The summed E-state index contributed by atoms with van der Waals surface area (Å²) in [4.78, 5) is 34.7. The zero-order chi connectivity index (χ0) is 28.8. The van der Waals surface area contributed by atoms with Crippen LogP contribution in [0.25, 0.3) is 11.3 Å². The van der Waals surface area contributed by atoms with E-state index in [1.165, 1.54) is 18.2 Å². The summed E-state index contributed by atoms with van der Waals surface area (Å²) < 4.78 is 26.7. The summed E-state index contributed by atoms with van der Waals surface area (Å²) in [5, 5.41) is 13.9.